The number of fused-ring (bicyclic) bond motifs is 1. The molecule has 18 heavy (non-hydrogen) atoms. The number of H-pyrrole nitrogens is 1. The van der Waals surface area contributed by atoms with E-state index in [1.54, 1.807) is 0 Å². The number of Topliss-reactive ketones (excluding diaryl/α,β-unsaturated/α-hetero) is 1. The lowest BCUT2D eigenvalue weighted by Gasteiger charge is -2.21. The summed E-state index contributed by atoms with van der Waals surface area (Å²) in [6.45, 7) is 3.82. The van der Waals surface area contributed by atoms with E-state index < -0.39 is 0 Å². The number of benzene rings is 1. The van der Waals surface area contributed by atoms with Gasteiger partial charge in [0.25, 0.3) is 0 Å². The molecule has 0 unspecified atom stereocenters. The number of imidazole rings is 1. The Morgan fingerprint density at radius 2 is 2.11 bits per heavy atom. The predicted octanol–water partition coefficient (Wildman–Crippen LogP) is 2.05. The number of ketones is 1. The molecule has 3 rings (SSSR count). The maximum absolute atomic E-state index is 12.4. The molecule has 2 N–H and O–H groups in total. The zero-order chi connectivity index (χ0) is 12.5. The van der Waals surface area contributed by atoms with Crippen LogP contribution < -0.4 is 5.32 Å². The number of nitrogens with one attached hydrogen (secondary N) is 2. The van der Waals surface area contributed by atoms with Crippen LogP contribution in [0.4, 0.5) is 0 Å². The zero-order valence-electron chi connectivity index (χ0n) is 10.5. The van der Waals surface area contributed by atoms with Crippen LogP contribution in [-0.2, 0) is 0 Å². The van der Waals surface area contributed by atoms with Gasteiger partial charge in [-0.3, -0.25) is 4.79 Å². The second-order valence-corrected chi connectivity index (χ2v) is 4.94. The van der Waals surface area contributed by atoms with E-state index in [0.717, 1.165) is 48.4 Å². The second-order valence-electron chi connectivity index (χ2n) is 4.94. The Balaban J connectivity index is 1.90. The van der Waals surface area contributed by atoms with E-state index in [9.17, 15) is 4.79 Å². The molecule has 0 spiro atoms. The van der Waals surface area contributed by atoms with Crippen molar-refractivity contribution in [2.45, 2.75) is 19.8 Å². The molecule has 1 saturated heterocycles. The molecule has 94 valence electrons. The minimum atomic E-state index is 0.174. The van der Waals surface area contributed by atoms with Crippen LogP contribution in [0.5, 0.6) is 0 Å². The van der Waals surface area contributed by atoms with Crippen molar-refractivity contribution in [2.75, 3.05) is 13.1 Å². The van der Waals surface area contributed by atoms with Crippen molar-refractivity contribution in [3.8, 4) is 0 Å². The standard InChI is InChI=1S/C14H17N3O/c1-9-16-12-3-2-11(8-13(12)17-9)14(18)10-4-6-15-7-5-10/h2-3,8,10,15H,4-7H2,1H3,(H,16,17). The van der Waals surface area contributed by atoms with Crippen LogP contribution in [0.2, 0.25) is 0 Å². The molecule has 1 aliphatic heterocycles. The zero-order valence-corrected chi connectivity index (χ0v) is 10.5. The highest BCUT2D eigenvalue weighted by Crippen LogP contribution is 2.21. The molecule has 2 aromatic rings. The molecule has 0 aliphatic carbocycles. The first-order valence-corrected chi connectivity index (χ1v) is 6.45. The Morgan fingerprint density at radius 3 is 2.89 bits per heavy atom. The molecule has 1 fully saturated rings. The number of aromatic amines is 1. The molecule has 0 saturated carbocycles. The number of aromatic nitrogens is 2. The van der Waals surface area contributed by atoms with Crippen LogP contribution in [0.15, 0.2) is 18.2 Å². The topological polar surface area (TPSA) is 57.8 Å². The maximum Gasteiger partial charge on any atom is 0.166 e. The van der Waals surface area contributed by atoms with Gasteiger partial charge < -0.3 is 10.3 Å². The summed E-state index contributed by atoms with van der Waals surface area (Å²) in [5.74, 6) is 1.33. The van der Waals surface area contributed by atoms with Gasteiger partial charge in [0.1, 0.15) is 5.82 Å². The van der Waals surface area contributed by atoms with Gasteiger partial charge in [-0.25, -0.2) is 4.98 Å². The van der Waals surface area contributed by atoms with E-state index in [1.807, 2.05) is 25.1 Å². The lowest BCUT2D eigenvalue weighted by Crippen LogP contribution is -2.31. The van der Waals surface area contributed by atoms with E-state index in [4.69, 9.17) is 0 Å². The Labute approximate surface area is 106 Å². The van der Waals surface area contributed by atoms with Gasteiger partial charge in [-0.15, -0.1) is 0 Å². The highest BCUT2D eigenvalue weighted by molar-refractivity contribution is 6.00. The highest BCUT2D eigenvalue weighted by atomic mass is 16.1. The van der Waals surface area contributed by atoms with Crippen molar-refractivity contribution in [2.24, 2.45) is 5.92 Å². The molecule has 1 aromatic heterocycles. The Bertz CT molecular complexity index is 582. The van der Waals surface area contributed by atoms with E-state index in [-0.39, 0.29) is 11.7 Å². The van der Waals surface area contributed by atoms with Crippen molar-refractivity contribution in [1.29, 1.82) is 0 Å². The number of carbonyl (C=O) groups is 1. The number of nitrogens with zero attached hydrogens (tertiary/aromatic N) is 1. The summed E-state index contributed by atoms with van der Waals surface area (Å²) >= 11 is 0. The van der Waals surface area contributed by atoms with Gasteiger partial charge in [0.15, 0.2) is 5.78 Å². The number of carbonyl (C=O) groups excluding carboxylic acids is 1. The quantitative estimate of drug-likeness (QED) is 0.794. The van der Waals surface area contributed by atoms with Crippen LogP contribution in [-0.4, -0.2) is 28.8 Å². The number of piperidine rings is 1. The molecule has 4 heteroatoms. The summed E-state index contributed by atoms with van der Waals surface area (Å²) in [5, 5.41) is 3.29. The summed E-state index contributed by atoms with van der Waals surface area (Å²) in [5.41, 5.74) is 2.68. The third-order valence-electron chi connectivity index (χ3n) is 3.59. The largest absolute Gasteiger partial charge is 0.342 e. The van der Waals surface area contributed by atoms with Gasteiger partial charge in [-0.1, -0.05) is 0 Å². The minimum absolute atomic E-state index is 0.174. The van der Waals surface area contributed by atoms with Gasteiger partial charge in [0, 0.05) is 11.5 Å². The molecule has 1 aliphatic rings. The SMILES string of the molecule is Cc1nc2ccc(C(=O)C3CCNCC3)cc2[nH]1. The highest BCUT2D eigenvalue weighted by Gasteiger charge is 2.22. The maximum atomic E-state index is 12.4. The number of hydrogen-bond donors (Lipinski definition) is 2. The van der Waals surface area contributed by atoms with Crippen LogP contribution in [0, 0.1) is 12.8 Å². The lowest BCUT2D eigenvalue weighted by molar-refractivity contribution is 0.0895. The second kappa shape index (κ2) is 4.53. The molecule has 0 atom stereocenters. The van der Waals surface area contributed by atoms with E-state index in [1.165, 1.54) is 0 Å². The van der Waals surface area contributed by atoms with Crippen LogP contribution in [0.3, 0.4) is 0 Å². The summed E-state index contributed by atoms with van der Waals surface area (Å²) in [7, 11) is 0. The summed E-state index contributed by atoms with van der Waals surface area (Å²) in [6, 6.07) is 5.75. The molecule has 0 radical (unpaired) electrons. The fourth-order valence-corrected chi connectivity index (χ4v) is 2.61. The lowest BCUT2D eigenvalue weighted by atomic mass is 9.89. The normalized spacial score (nSPS) is 17.2. The van der Waals surface area contributed by atoms with E-state index >= 15 is 0 Å². The molecule has 0 amide bonds. The van der Waals surface area contributed by atoms with Gasteiger partial charge in [0.2, 0.25) is 0 Å². The van der Waals surface area contributed by atoms with Gasteiger partial charge >= 0.3 is 0 Å². The van der Waals surface area contributed by atoms with Crippen LogP contribution >= 0.6 is 0 Å². The monoisotopic (exact) mass is 243 g/mol. The van der Waals surface area contributed by atoms with Crippen LogP contribution in [0.1, 0.15) is 29.0 Å². The van der Waals surface area contributed by atoms with Crippen LogP contribution in [0.25, 0.3) is 11.0 Å². The first-order chi connectivity index (χ1) is 8.74. The van der Waals surface area contributed by atoms with Crippen molar-refractivity contribution < 1.29 is 4.79 Å². The minimum Gasteiger partial charge on any atom is -0.342 e. The smallest absolute Gasteiger partial charge is 0.166 e. The average molecular weight is 243 g/mol. The van der Waals surface area contributed by atoms with E-state index in [0.29, 0.717) is 0 Å². The molecule has 0 bridgehead atoms. The van der Waals surface area contributed by atoms with Gasteiger partial charge in [-0.2, -0.15) is 0 Å². The van der Waals surface area contributed by atoms with Crippen molar-refractivity contribution in [3.05, 3.63) is 29.6 Å². The number of hydrogen-bond acceptors (Lipinski definition) is 3. The van der Waals surface area contributed by atoms with Crippen molar-refractivity contribution in [3.63, 3.8) is 0 Å². The third kappa shape index (κ3) is 2.04. The van der Waals surface area contributed by atoms with Gasteiger partial charge in [-0.05, 0) is 51.1 Å². The third-order valence-corrected chi connectivity index (χ3v) is 3.59. The summed E-state index contributed by atoms with van der Waals surface area (Å²) < 4.78 is 0. The first-order valence-electron chi connectivity index (χ1n) is 6.45. The number of aryl methyl sites for hydroxylation is 1. The summed E-state index contributed by atoms with van der Waals surface area (Å²) in [4.78, 5) is 19.9. The molecular formula is C14H17N3O. The molecule has 2 heterocycles. The fraction of sp³-hybridized carbons (Fsp3) is 0.429. The Morgan fingerprint density at radius 1 is 1.33 bits per heavy atom. The Kier molecular flexibility index (Phi) is 2.88. The Hall–Kier alpha value is -1.68. The fourth-order valence-electron chi connectivity index (χ4n) is 2.61. The van der Waals surface area contributed by atoms with E-state index in [2.05, 4.69) is 15.3 Å². The molecule has 1 aromatic carbocycles. The van der Waals surface area contributed by atoms with Crippen molar-refractivity contribution in [1.82, 2.24) is 15.3 Å². The molecule has 4 nitrogen and oxygen atoms in total. The first kappa shape index (κ1) is 11.4. The predicted molar refractivity (Wildman–Crippen MR) is 70.8 cm³/mol. The molecular weight excluding hydrogens is 226 g/mol. The average Bonchev–Trinajstić information content (AvgIpc) is 2.78. The summed E-state index contributed by atoms with van der Waals surface area (Å²) in [6.07, 6.45) is 1.89. The van der Waals surface area contributed by atoms with Gasteiger partial charge in [0.05, 0.1) is 11.0 Å². The number of rotatable bonds is 2. The van der Waals surface area contributed by atoms with Crippen molar-refractivity contribution >= 4 is 16.8 Å².